The number of primary amides is 1. The second kappa shape index (κ2) is 26.2. The number of aromatic hydroxyl groups is 1. The standard InChI is InChI=1S/C59H52N14O12S5/c1-25-16-43(76)73-46(25)57-71-41(24-90-57)56-67-37(20-86-56)45-32(14-15-33(63-45)53-68-38(21-87-53)48(78)61-26(2)47(77)62-27(3)59(83)84)52-72-44(28(4)85-52)51(81)65-35(19-42(60)75)55-70-39(22-89-55)49(79)64-34(17-29-8-6-5-7-9-29)54-69-40(23-88-54)50(80)66-36(58(73)82)18-30-10-12-31(74)13-11-30/h5-15,20-22,24-25,34-36,40,43,46,74,76H,2-3,16-19,23H2,1,4H3,(H2,60,75)(H,61,78)(H,62,77)(H,64,79)(H,65,81)(H,66,80)(H,83,84)/t25?,34-,35-,36-,40?,43-,46-/m0/s1. The van der Waals surface area contributed by atoms with E-state index in [9.17, 15) is 43.8 Å². The lowest BCUT2D eigenvalue weighted by Crippen LogP contribution is -2.53. The SMILES string of the molecule is C=C(NC(=O)C(=C)NC(=O)c1csc(-c2ccc3c(n2)-c2csc(n2)-c2csc(n2)[C@@H]2C(C)C[C@H](O)N2C(=O)[C@H](Cc2ccc(O)cc2)NC(=O)C2CSC(=N2)[C@H](Cc2ccccc2)NC(=O)c2csc(n2)[C@H](CC(N)=O)NC(=O)c2nc-3oc2C)n1)C(=O)O. The van der Waals surface area contributed by atoms with Crippen LogP contribution in [0.2, 0.25) is 0 Å². The minimum atomic E-state index is -1.49. The first-order valence-corrected chi connectivity index (χ1v) is 31.9. The van der Waals surface area contributed by atoms with E-state index in [4.69, 9.17) is 35.2 Å². The highest BCUT2D eigenvalue weighted by Gasteiger charge is 2.46. The quantitative estimate of drug-likeness (QED) is 0.0662. The van der Waals surface area contributed by atoms with Crippen molar-refractivity contribution in [2.24, 2.45) is 16.6 Å². The number of nitrogens with two attached hydrogens (primary N) is 1. The Labute approximate surface area is 531 Å². The van der Waals surface area contributed by atoms with E-state index in [0.717, 1.165) is 28.2 Å². The normalized spacial score (nSPS) is 20.2. The maximum Gasteiger partial charge on any atom is 0.351 e. The number of rotatable bonds is 12. The zero-order valence-corrected chi connectivity index (χ0v) is 51.4. The highest BCUT2D eigenvalue weighted by molar-refractivity contribution is 8.14. The Balaban J connectivity index is 0.983. The van der Waals surface area contributed by atoms with Crippen LogP contribution in [0.1, 0.15) is 90.2 Å². The largest absolute Gasteiger partial charge is 0.508 e. The predicted molar refractivity (Wildman–Crippen MR) is 334 cm³/mol. The second-order valence-electron chi connectivity index (χ2n) is 20.9. The first kappa shape index (κ1) is 62.0. The van der Waals surface area contributed by atoms with Crippen LogP contribution in [0.25, 0.3) is 44.2 Å². The maximum atomic E-state index is 15.2. The van der Waals surface area contributed by atoms with Crippen LogP contribution >= 0.6 is 57.1 Å². The Bertz CT molecular complexity index is 4230. The highest BCUT2D eigenvalue weighted by atomic mass is 32.2. The number of benzene rings is 2. The van der Waals surface area contributed by atoms with Crippen molar-refractivity contribution in [2.45, 2.75) is 76.0 Å². The fourth-order valence-corrected chi connectivity index (χ4v) is 14.7. The predicted octanol–water partition coefficient (Wildman–Crippen LogP) is 5.71. The molecule has 10 N–H and O–H groups in total. The van der Waals surface area contributed by atoms with Crippen LogP contribution in [-0.2, 0) is 36.8 Å². The summed E-state index contributed by atoms with van der Waals surface area (Å²) in [7, 11) is 0. The molecule has 3 aliphatic rings. The number of aliphatic carboxylic acids is 1. The average molecular weight is 1310 g/mol. The lowest BCUT2D eigenvalue weighted by molar-refractivity contribution is -0.145. The number of carbonyl (C=O) groups is 8. The number of carboxylic acids is 1. The third-order valence-electron chi connectivity index (χ3n) is 14.5. The van der Waals surface area contributed by atoms with Crippen molar-refractivity contribution >= 4 is 109 Å². The molecular formula is C59H52N14O12S5. The zero-order valence-electron chi connectivity index (χ0n) is 47.4. The van der Waals surface area contributed by atoms with Gasteiger partial charge in [0.25, 0.3) is 23.6 Å². The number of aliphatic imine (C=N–C) groups is 1. The first-order chi connectivity index (χ1) is 43.1. The lowest BCUT2D eigenvalue weighted by Gasteiger charge is -2.32. The molecule has 460 valence electrons. The molecule has 26 nitrogen and oxygen atoms in total. The number of aryl methyl sites for hydroxylation is 1. The van der Waals surface area contributed by atoms with Crippen molar-refractivity contribution in [3.63, 3.8) is 0 Å². The molecule has 3 aliphatic heterocycles. The van der Waals surface area contributed by atoms with Crippen LogP contribution in [0.5, 0.6) is 5.75 Å². The summed E-state index contributed by atoms with van der Waals surface area (Å²) >= 11 is 5.74. The molecule has 10 bridgehead atoms. The average Bonchev–Trinajstić information content (AvgIpc) is 1.69. The van der Waals surface area contributed by atoms with E-state index in [0.29, 0.717) is 26.3 Å². The van der Waals surface area contributed by atoms with Gasteiger partial charge in [-0.2, -0.15) is 0 Å². The number of aliphatic hydroxyl groups excluding tert-OH is 1. The number of aliphatic hydroxyl groups is 1. The lowest BCUT2D eigenvalue weighted by atomic mass is 10.0. The van der Waals surface area contributed by atoms with Gasteiger partial charge in [-0.15, -0.1) is 57.1 Å². The summed E-state index contributed by atoms with van der Waals surface area (Å²) in [6, 6.07) is 13.7. The van der Waals surface area contributed by atoms with E-state index in [1.54, 1.807) is 35.0 Å². The third-order valence-corrected chi connectivity index (χ3v) is 19.3. The van der Waals surface area contributed by atoms with Gasteiger partial charge in [0.1, 0.15) is 84.0 Å². The van der Waals surface area contributed by atoms with E-state index >= 15 is 4.79 Å². The number of nitrogens with one attached hydrogen (secondary N) is 5. The fraction of sp³-hybridized carbons (Fsp3) is 0.237. The Morgan fingerprint density at radius 2 is 1.40 bits per heavy atom. The number of aromatic nitrogens is 6. The number of carbonyl (C=O) groups excluding carboxylic acids is 7. The van der Waals surface area contributed by atoms with Gasteiger partial charge in [0.05, 0.1) is 46.5 Å². The molecule has 2 unspecified atom stereocenters. The molecule has 0 radical (unpaired) electrons. The van der Waals surface area contributed by atoms with Crippen LogP contribution in [0.15, 0.2) is 122 Å². The first-order valence-electron chi connectivity index (χ1n) is 27.4. The fourth-order valence-electron chi connectivity index (χ4n) is 10.1. The molecule has 31 heteroatoms. The Kier molecular flexibility index (Phi) is 18.0. The van der Waals surface area contributed by atoms with Gasteiger partial charge in [0, 0.05) is 33.7 Å². The van der Waals surface area contributed by atoms with Gasteiger partial charge in [0.2, 0.25) is 23.6 Å². The summed E-state index contributed by atoms with van der Waals surface area (Å²) in [6.07, 6.45) is -1.29. The number of fused-ring (bicyclic) bond motifs is 15. The van der Waals surface area contributed by atoms with Gasteiger partial charge >= 0.3 is 5.97 Å². The molecule has 6 aromatic heterocycles. The van der Waals surface area contributed by atoms with E-state index < -0.39 is 102 Å². The van der Waals surface area contributed by atoms with Crippen LogP contribution in [0.4, 0.5) is 0 Å². The smallest absolute Gasteiger partial charge is 0.351 e. The van der Waals surface area contributed by atoms with Crippen LogP contribution in [0, 0.1) is 12.8 Å². The molecule has 9 heterocycles. The van der Waals surface area contributed by atoms with Crippen LogP contribution in [-0.4, -0.2) is 133 Å². The number of phenolic OH excluding ortho intramolecular Hbond substituents is 1. The van der Waals surface area contributed by atoms with Gasteiger partial charge < -0.3 is 57.0 Å². The van der Waals surface area contributed by atoms with Crippen molar-refractivity contribution < 1.29 is 58.1 Å². The number of phenols is 1. The topological polar surface area (TPSA) is 389 Å². The number of amides is 7. The molecule has 0 spiro atoms. The summed E-state index contributed by atoms with van der Waals surface area (Å²) in [5.74, 6) is -6.92. The van der Waals surface area contributed by atoms with E-state index in [1.807, 2.05) is 42.6 Å². The van der Waals surface area contributed by atoms with Crippen molar-refractivity contribution in [3.8, 4) is 50.0 Å². The third kappa shape index (κ3) is 13.5. The molecule has 11 rings (SSSR count). The number of pyridine rings is 1. The number of hydrogen-bond acceptors (Lipinski definition) is 23. The number of carboxylic acid groups (broad SMARTS) is 1. The molecule has 7 amide bonds. The van der Waals surface area contributed by atoms with Crippen molar-refractivity contribution in [2.75, 3.05) is 5.75 Å². The zero-order chi connectivity index (χ0) is 63.7. The van der Waals surface area contributed by atoms with Gasteiger partial charge in [0.15, 0.2) is 5.69 Å². The molecule has 8 aromatic rings. The number of thiazole rings is 4. The molecule has 0 aliphatic carbocycles. The molecule has 1 saturated heterocycles. The van der Waals surface area contributed by atoms with Gasteiger partial charge in [-0.25, -0.2) is 34.7 Å². The van der Waals surface area contributed by atoms with E-state index in [2.05, 4.69) is 49.4 Å². The van der Waals surface area contributed by atoms with Crippen LogP contribution in [0.3, 0.4) is 0 Å². The molecule has 90 heavy (non-hydrogen) atoms. The van der Waals surface area contributed by atoms with Crippen molar-refractivity contribution in [3.05, 3.63) is 157 Å². The van der Waals surface area contributed by atoms with Crippen molar-refractivity contribution in [1.29, 1.82) is 0 Å². The summed E-state index contributed by atoms with van der Waals surface area (Å²) in [4.78, 5) is 143. The molecule has 1 fully saturated rings. The summed E-state index contributed by atoms with van der Waals surface area (Å²) in [5, 5.41) is 52.2. The summed E-state index contributed by atoms with van der Waals surface area (Å²) in [5.41, 5.74) is 7.00. The molecular weight excluding hydrogens is 1260 g/mol. The highest BCUT2D eigenvalue weighted by Crippen LogP contribution is 2.44. The van der Waals surface area contributed by atoms with E-state index in [-0.39, 0.29) is 98.1 Å². The van der Waals surface area contributed by atoms with E-state index in [1.165, 1.54) is 69.2 Å². The maximum absolute atomic E-state index is 15.2. The number of thioether (sulfide) groups is 1. The number of oxazole rings is 1. The summed E-state index contributed by atoms with van der Waals surface area (Å²) in [6.45, 7) is 10.2. The van der Waals surface area contributed by atoms with Crippen LogP contribution < -0.4 is 32.3 Å². The van der Waals surface area contributed by atoms with Gasteiger partial charge in [-0.3, -0.25) is 38.6 Å². The second-order valence-corrected chi connectivity index (χ2v) is 25.5. The Morgan fingerprint density at radius 3 is 2.16 bits per heavy atom. The summed E-state index contributed by atoms with van der Waals surface area (Å²) < 4.78 is 6.21. The molecule has 0 saturated carbocycles. The number of nitrogens with zero attached hydrogens (tertiary/aromatic N) is 8. The monoisotopic (exact) mass is 1310 g/mol. The Hall–Kier alpha value is -9.66. The Morgan fingerprint density at radius 1 is 0.722 bits per heavy atom. The van der Waals surface area contributed by atoms with Crippen molar-refractivity contribution in [1.82, 2.24) is 61.4 Å². The van der Waals surface area contributed by atoms with Gasteiger partial charge in [-0.05, 0) is 61.1 Å². The molecule has 7 atom stereocenters. The van der Waals surface area contributed by atoms with Gasteiger partial charge in [-0.1, -0.05) is 62.5 Å². The molecule has 2 aromatic carbocycles. The minimum Gasteiger partial charge on any atom is -0.508 e. The number of hydrogen-bond donors (Lipinski definition) is 9. The minimum absolute atomic E-state index is 0.00465.